The minimum atomic E-state index is -4.68. The smallest absolute Gasteiger partial charge is 0.550 e. The van der Waals surface area contributed by atoms with E-state index >= 15 is 4.39 Å². The Morgan fingerprint density at radius 3 is 2.31 bits per heavy atom. The summed E-state index contributed by atoms with van der Waals surface area (Å²) < 4.78 is 67.3. The number of fused-ring (bicyclic) bond motifs is 1. The van der Waals surface area contributed by atoms with E-state index in [2.05, 4.69) is 9.89 Å². The number of anilines is 2. The summed E-state index contributed by atoms with van der Waals surface area (Å²) in [5.74, 6) is -1.23. The molecular weight excluding hydrogens is 567 g/mol. The topological polar surface area (TPSA) is 80.7 Å². The molecule has 8 nitrogen and oxygen atoms in total. The van der Waals surface area contributed by atoms with Gasteiger partial charge in [0.2, 0.25) is 5.96 Å². The molecule has 2 aliphatic heterocycles. The number of benzene rings is 3. The van der Waals surface area contributed by atoms with Crippen molar-refractivity contribution in [3.63, 3.8) is 0 Å². The van der Waals surface area contributed by atoms with Crippen LogP contribution in [-0.2, 0) is 11.0 Å². The van der Waals surface area contributed by atoms with Crippen molar-refractivity contribution in [1.82, 2.24) is 4.90 Å². The Morgan fingerprint density at radius 2 is 1.67 bits per heavy atom. The molecule has 3 aromatic rings. The van der Waals surface area contributed by atoms with Crippen molar-refractivity contribution < 1.29 is 66.5 Å². The third-order valence-electron chi connectivity index (χ3n) is 7.22. The molecule has 216 valence electrons. The Kier molecular flexibility index (Phi) is 9.59. The van der Waals surface area contributed by atoms with E-state index in [4.69, 9.17) is 9.47 Å². The van der Waals surface area contributed by atoms with Crippen LogP contribution in [0.2, 0.25) is 0 Å². The third-order valence-corrected chi connectivity index (χ3v) is 7.22. The molecule has 42 heavy (non-hydrogen) atoms. The molecule has 0 amide bonds. The number of ether oxygens (including phenoxy) is 2. The predicted molar refractivity (Wildman–Crippen MR) is 143 cm³/mol. The molecule has 1 atom stereocenters. The van der Waals surface area contributed by atoms with Gasteiger partial charge in [0.05, 0.1) is 31.5 Å². The average molecular weight is 595 g/mol. The van der Waals surface area contributed by atoms with Gasteiger partial charge in [-0.15, -0.1) is 0 Å². The fourth-order valence-corrected chi connectivity index (χ4v) is 5.24. The number of rotatable bonds is 6. The zero-order valence-electron chi connectivity index (χ0n) is 23.3. The molecule has 0 aromatic heterocycles. The molecule has 2 aliphatic rings. The second-order valence-corrected chi connectivity index (χ2v) is 9.61. The van der Waals surface area contributed by atoms with Crippen molar-refractivity contribution in [2.24, 2.45) is 4.99 Å². The molecule has 0 unspecified atom stereocenters. The van der Waals surface area contributed by atoms with Crippen LogP contribution in [0.15, 0.2) is 65.7 Å². The molecule has 1 saturated heterocycles. The van der Waals surface area contributed by atoms with E-state index < -0.39 is 36.0 Å². The largest absolute Gasteiger partial charge is 1.00 e. The fraction of sp³-hybridized carbons (Fsp3) is 0.310. The summed E-state index contributed by atoms with van der Waals surface area (Å²) in [5.41, 5.74) is 0.0843. The van der Waals surface area contributed by atoms with Crippen molar-refractivity contribution in [2.75, 3.05) is 50.2 Å². The number of hydrogen-bond acceptors (Lipinski definition) is 8. The number of aliphatic carboxylic acids is 1. The Labute approximate surface area is 262 Å². The molecule has 0 bridgehead atoms. The Morgan fingerprint density at radius 1 is 0.976 bits per heavy atom. The number of hydrogen-bond donors (Lipinski definition) is 0. The van der Waals surface area contributed by atoms with Crippen molar-refractivity contribution in [3.8, 4) is 11.5 Å². The zero-order chi connectivity index (χ0) is 29.3. The molecule has 3 aromatic carbocycles. The molecule has 0 spiro atoms. The third kappa shape index (κ3) is 6.30. The summed E-state index contributed by atoms with van der Waals surface area (Å²) >= 11 is 0. The number of halogens is 4. The first kappa shape index (κ1) is 31.5. The van der Waals surface area contributed by atoms with Gasteiger partial charge in [-0.2, -0.15) is 13.2 Å². The summed E-state index contributed by atoms with van der Waals surface area (Å²) in [6, 6.07) is 13.5. The van der Waals surface area contributed by atoms with Crippen molar-refractivity contribution in [2.45, 2.75) is 18.6 Å². The maximum Gasteiger partial charge on any atom is 1.00 e. The van der Waals surface area contributed by atoms with Gasteiger partial charge in [0.25, 0.3) is 0 Å². The number of guanidine groups is 1. The number of para-hydroxylation sites is 1. The zero-order valence-corrected chi connectivity index (χ0v) is 25.3. The number of carbonyl (C=O) groups excluding carboxylic acids is 1. The Hall–Kier alpha value is -3.48. The van der Waals surface area contributed by atoms with Gasteiger partial charge in [-0.1, -0.05) is 18.2 Å². The normalized spacial score (nSPS) is 16.8. The van der Waals surface area contributed by atoms with Crippen LogP contribution in [0.3, 0.4) is 0 Å². The van der Waals surface area contributed by atoms with E-state index in [1.807, 2.05) is 29.2 Å². The Balaban J connectivity index is 0.00000405. The van der Waals surface area contributed by atoms with Gasteiger partial charge in [0.15, 0.2) is 0 Å². The minimum absolute atomic E-state index is 0. The number of carboxylic acid groups (broad SMARTS) is 1. The van der Waals surface area contributed by atoms with Crippen LogP contribution in [0.4, 0.5) is 34.6 Å². The summed E-state index contributed by atoms with van der Waals surface area (Å²) in [4.78, 5) is 21.8. The van der Waals surface area contributed by atoms with Crippen molar-refractivity contribution >= 4 is 29.0 Å². The van der Waals surface area contributed by atoms with E-state index in [1.165, 1.54) is 36.3 Å². The van der Waals surface area contributed by atoms with Crippen LogP contribution >= 0.6 is 0 Å². The molecule has 5 rings (SSSR count). The maximum atomic E-state index is 15.1. The van der Waals surface area contributed by atoms with E-state index in [0.29, 0.717) is 31.9 Å². The molecule has 13 heteroatoms. The van der Waals surface area contributed by atoms with E-state index in [-0.39, 0.29) is 58.2 Å². The first-order chi connectivity index (χ1) is 19.6. The molecule has 0 N–H and O–H groups in total. The second kappa shape index (κ2) is 12.8. The summed E-state index contributed by atoms with van der Waals surface area (Å²) in [6.45, 7) is 1.76. The first-order valence-electron chi connectivity index (χ1n) is 12.9. The van der Waals surface area contributed by atoms with Crippen LogP contribution in [0.1, 0.15) is 23.6 Å². The number of aliphatic imine (C=N–C) groups is 1. The van der Waals surface area contributed by atoms with Gasteiger partial charge >= 0.3 is 35.7 Å². The number of nitrogens with zero attached hydrogens (tertiary/aromatic N) is 4. The van der Waals surface area contributed by atoms with Crippen LogP contribution in [0.25, 0.3) is 0 Å². The van der Waals surface area contributed by atoms with Crippen molar-refractivity contribution in [3.05, 3.63) is 77.6 Å². The number of methoxy groups -OCH3 is 2. The quantitative estimate of drug-likeness (QED) is 0.315. The van der Waals surface area contributed by atoms with E-state index in [9.17, 15) is 23.1 Å². The van der Waals surface area contributed by atoms with Gasteiger partial charge < -0.3 is 34.1 Å². The van der Waals surface area contributed by atoms with Crippen molar-refractivity contribution in [1.29, 1.82) is 0 Å². The maximum absolute atomic E-state index is 15.1. The van der Waals surface area contributed by atoms with Gasteiger partial charge in [-0.05, 0) is 36.4 Å². The molecule has 2 heterocycles. The number of piperazine rings is 1. The average Bonchev–Trinajstić information content (AvgIpc) is 2.96. The van der Waals surface area contributed by atoms with Gasteiger partial charge in [-0.25, -0.2) is 9.38 Å². The second-order valence-electron chi connectivity index (χ2n) is 9.61. The summed E-state index contributed by atoms with van der Waals surface area (Å²) in [6.07, 6.45) is -5.30. The SMILES string of the molecule is COc1cccc(N2CCN(C3=Nc4c(F)cccc4[C@H](CC(=O)[O-])N3c3cc(C(F)(F)F)ccc3OC)CC2)c1.[Na+]. The van der Waals surface area contributed by atoms with Crippen LogP contribution in [0.5, 0.6) is 11.5 Å². The van der Waals surface area contributed by atoms with Gasteiger partial charge in [0, 0.05) is 55.9 Å². The number of carbonyl (C=O) groups is 1. The monoisotopic (exact) mass is 594 g/mol. The Bertz CT molecular complexity index is 1480. The molecule has 0 radical (unpaired) electrons. The summed E-state index contributed by atoms with van der Waals surface area (Å²) in [7, 11) is 2.89. The van der Waals surface area contributed by atoms with E-state index in [0.717, 1.165) is 17.8 Å². The standard InChI is InChI=1S/C29H28F4N4O4.Na/c1-40-20-6-3-5-19(16-20)35-11-13-36(14-12-35)28-34-27-21(7-4-8-22(27)30)23(17-26(38)39)37(28)24-15-18(29(31,32)33)9-10-25(24)41-2;/h3-10,15-16,23H,11-14,17H2,1-2H3,(H,38,39);/q;+1/p-1/t23-;/m0./s1. The van der Waals surface area contributed by atoms with E-state index in [1.54, 1.807) is 7.11 Å². The summed E-state index contributed by atoms with van der Waals surface area (Å²) in [5, 5.41) is 11.9. The van der Waals surface area contributed by atoms with Gasteiger partial charge in [0.1, 0.15) is 23.0 Å². The molecule has 0 aliphatic carbocycles. The van der Waals surface area contributed by atoms with Crippen LogP contribution in [-0.4, -0.2) is 57.2 Å². The first-order valence-corrected chi connectivity index (χ1v) is 12.9. The van der Waals surface area contributed by atoms with Crippen LogP contribution in [0, 0.1) is 5.82 Å². The molecular formula is C29H27F4N4NaO4. The fourth-order valence-electron chi connectivity index (χ4n) is 5.24. The number of alkyl halides is 3. The molecule has 0 saturated carbocycles. The molecule has 1 fully saturated rings. The number of carboxylic acids is 1. The van der Waals surface area contributed by atoms with Crippen LogP contribution < -0.4 is 53.9 Å². The van der Waals surface area contributed by atoms with Gasteiger partial charge in [-0.3, -0.25) is 0 Å². The predicted octanol–water partition coefficient (Wildman–Crippen LogP) is 1.38. The minimum Gasteiger partial charge on any atom is -0.550 e.